The van der Waals surface area contributed by atoms with Gasteiger partial charge in [-0.3, -0.25) is 9.59 Å². The summed E-state index contributed by atoms with van der Waals surface area (Å²) in [5.41, 5.74) is 8.48. The van der Waals surface area contributed by atoms with Crippen LogP contribution in [0.4, 0.5) is 0 Å². The van der Waals surface area contributed by atoms with Crippen molar-refractivity contribution >= 4 is 60.2 Å². The van der Waals surface area contributed by atoms with E-state index >= 15 is 9.59 Å². The van der Waals surface area contributed by atoms with Crippen LogP contribution in [0.2, 0.25) is 0 Å². The van der Waals surface area contributed by atoms with E-state index in [2.05, 4.69) is 146 Å². The molecule has 0 heterocycles. The van der Waals surface area contributed by atoms with Crippen molar-refractivity contribution in [3.63, 3.8) is 0 Å². The molecule has 2 heteroatoms. The largest absolute Gasteiger partial charge is 0.299 e. The number of Topliss-reactive ketones (excluding diaryl/α,β-unsaturated/α-hetero) is 2. The van der Waals surface area contributed by atoms with Crippen LogP contribution < -0.4 is 0 Å². The third kappa shape index (κ3) is 6.10. The van der Waals surface area contributed by atoms with Crippen LogP contribution in [0.15, 0.2) is 146 Å². The smallest absolute Gasteiger partial charge is 0.139 e. The molecule has 0 aliphatic heterocycles. The van der Waals surface area contributed by atoms with Gasteiger partial charge in [-0.1, -0.05) is 171 Å². The molecule has 14 atom stereocenters. The van der Waals surface area contributed by atoms with Crippen LogP contribution in [0.1, 0.15) is 118 Å². The Morgan fingerprint density at radius 1 is 0.343 bits per heavy atom. The minimum Gasteiger partial charge on any atom is -0.299 e. The molecule has 8 aliphatic rings. The quantitative estimate of drug-likeness (QED) is 0.165. The van der Waals surface area contributed by atoms with E-state index in [4.69, 9.17) is 0 Å². The maximum atomic E-state index is 15.2. The zero-order valence-corrected chi connectivity index (χ0v) is 40.7. The Hall–Kier alpha value is -5.60. The third-order valence-electron chi connectivity index (χ3n) is 21.3. The van der Waals surface area contributed by atoms with Gasteiger partial charge in [-0.25, -0.2) is 0 Å². The second-order valence-corrected chi connectivity index (χ2v) is 23.9. The second-order valence-electron chi connectivity index (χ2n) is 23.9. The Morgan fingerprint density at radius 3 is 1.19 bits per heavy atom. The third-order valence-corrected chi connectivity index (χ3v) is 21.3. The monoisotopic (exact) mass is 915 g/mol. The van der Waals surface area contributed by atoms with E-state index in [1.165, 1.54) is 104 Å². The van der Waals surface area contributed by atoms with Crippen LogP contribution in [0.25, 0.3) is 59.8 Å². The molecule has 70 heavy (non-hydrogen) atoms. The number of carbonyl (C=O) groups excluding carboxylic acids is 2. The normalized spacial score (nSPS) is 34.4. The standard InChI is InChI=1S/C68H66O2/c69-67-52-34-18-8-24-42(52)54-36-56-57(37-59(54)67)65(63-47-29-13-9-25-43(47)61(39-19-3-1-4-20-39)44-26-10-14-30-48(44)63)55-35-53-41-23-7-17-33-51(41)68(70)60(53)38-58(55)66(56)64-49-31-15-11-27-45(49)62(40-21-5-2-6-22-40)46-28-12-16-32-50(46)64/h1,3-5,9-16,19-22,25-32,41-42,51-60,65-66H,2,6-8,17-18,23-24,33-38H2. The van der Waals surface area contributed by atoms with Crippen LogP contribution in [-0.4, -0.2) is 11.6 Å². The fourth-order valence-electron chi connectivity index (χ4n) is 19.0. The Bertz CT molecular complexity index is 3220. The van der Waals surface area contributed by atoms with Gasteiger partial charge in [0.25, 0.3) is 0 Å². The van der Waals surface area contributed by atoms with Crippen LogP contribution in [0.5, 0.6) is 0 Å². The molecular formula is C68H66O2. The van der Waals surface area contributed by atoms with E-state index in [-0.39, 0.29) is 29.6 Å². The molecule has 7 aromatic carbocycles. The lowest BCUT2D eigenvalue weighted by molar-refractivity contribution is -0.130. The molecule has 7 aromatic rings. The molecule has 14 unspecified atom stereocenters. The van der Waals surface area contributed by atoms with Crippen LogP contribution >= 0.6 is 0 Å². The van der Waals surface area contributed by atoms with Gasteiger partial charge < -0.3 is 0 Å². The molecule has 0 spiro atoms. The summed E-state index contributed by atoms with van der Waals surface area (Å²) in [7, 11) is 0. The molecule has 0 aromatic heterocycles. The van der Waals surface area contributed by atoms with Gasteiger partial charge in [0.1, 0.15) is 11.6 Å². The van der Waals surface area contributed by atoms with E-state index in [0.717, 1.165) is 51.4 Å². The number of hydrogen-bond donors (Lipinski definition) is 0. The molecule has 0 N–H and O–H groups in total. The predicted molar refractivity (Wildman–Crippen MR) is 287 cm³/mol. The molecule has 2 nitrogen and oxygen atoms in total. The lowest BCUT2D eigenvalue weighted by atomic mass is 9.44. The van der Waals surface area contributed by atoms with Crippen molar-refractivity contribution in [3.05, 3.63) is 162 Å². The zero-order valence-electron chi connectivity index (χ0n) is 40.7. The molecule has 7 fully saturated rings. The highest BCUT2D eigenvalue weighted by Crippen LogP contribution is 2.71. The number of ketones is 2. The Morgan fingerprint density at radius 2 is 0.743 bits per heavy atom. The van der Waals surface area contributed by atoms with Gasteiger partial charge in [0.15, 0.2) is 0 Å². The summed E-state index contributed by atoms with van der Waals surface area (Å²) >= 11 is 0. The first-order valence-corrected chi connectivity index (χ1v) is 28.0. The summed E-state index contributed by atoms with van der Waals surface area (Å²) in [4.78, 5) is 30.4. The van der Waals surface area contributed by atoms with Gasteiger partial charge >= 0.3 is 0 Å². The summed E-state index contributed by atoms with van der Waals surface area (Å²) in [6.45, 7) is 0. The lowest BCUT2D eigenvalue weighted by Gasteiger charge is -2.60. The average Bonchev–Trinajstić information content (AvgIpc) is 3.86. The van der Waals surface area contributed by atoms with Gasteiger partial charge in [0, 0.05) is 23.7 Å². The predicted octanol–water partition coefficient (Wildman–Crippen LogP) is 16.9. The lowest BCUT2D eigenvalue weighted by Crippen LogP contribution is -2.52. The summed E-state index contributed by atoms with van der Waals surface area (Å²) in [5.74, 6) is 6.08. The minimum atomic E-state index is 0.156. The number of benzene rings is 7. The maximum Gasteiger partial charge on any atom is 0.139 e. The first-order valence-electron chi connectivity index (χ1n) is 28.0. The van der Waals surface area contributed by atoms with Crippen molar-refractivity contribution in [2.45, 2.75) is 102 Å². The maximum absolute atomic E-state index is 15.2. The van der Waals surface area contributed by atoms with E-state index in [1.807, 2.05) is 0 Å². The Balaban J connectivity index is 1.02. The van der Waals surface area contributed by atoms with Crippen molar-refractivity contribution in [1.82, 2.24) is 0 Å². The molecular weight excluding hydrogens is 849 g/mol. The summed E-state index contributed by atoms with van der Waals surface area (Å²) in [6, 6.07) is 49.0. The van der Waals surface area contributed by atoms with E-state index < -0.39 is 0 Å². The Kier molecular flexibility index (Phi) is 9.91. The SMILES string of the molecule is O=C1C2CCCCC2C2CC3C(CC12)C(c1c2ccccc2c(-c2ccccc2)c2ccccc12)C1CC2C(CC1C3c1c3ccccc3c(C3=CCCC=C3)c3ccccc13)C(=O)C1CCCCC12. The summed E-state index contributed by atoms with van der Waals surface area (Å²) in [5, 5.41) is 11.1. The van der Waals surface area contributed by atoms with Gasteiger partial charge in [-0.05, 0) is 200 Å². The van der Waals surface area contributed by atoms with Crippen molar-refractivity contribution in [2.24, 2.45) is 71.0 Å². The number of rotatable bonds is 4. The van der Waals surface area contributed by atoms with Crippen LogP contribution in [0.3, 0.4) is 0 Å². The highest BCUT2D eigenvalue weighted by molar-refractivity contribution is 6.16. The van der Waals surface area contributed by atoms with E-state index in [9.17, 15) is 0 Å². The molecule has 0 amide bonds. The Labute approximate surface area is 414 Å². The number of allylic oxidation sites excluding steroid dienone is 4. The molecule has 8 aliphatic carbocycles. The van der Waals surface area contributed by atoms with Crippen LogP contribution in [0, 0.1) is 71.0 Å². The fourth-order valence-corrected chi connectivity index (χ4v) is 19.0. The molecule has 0 bridgehead atoms. The highest BCUT2D eigenvalue weighted by Gasteiger charge is 2.64. The van der Waals surface area contributed by atoms with Crippen LogP contribution in [-0.2, 0) is 9.59 Å². The van der Waals surface area contributed by atoms with Crippen molar-refractivity contribution in [3.8, 4) is 11.1 Å². The molecule has 0 radical (unpaired) electrons. The molecule has 0 saturated heterocycles. The number of hydrogen-bond acceptors (Lipinski definition) is 2. The molecule has 15 rings (SSSR count). The zero-order chi connectivity index (χ0) is 46.2. The van der Waals surface area contributed by atoms with Gasteiger partial charge in [0.2, 0.25) is 0 Å². The van der Waals surface area contributed by atoms with Gasteiger partial charge in [-0.2, -0.15) is 0 Å². The first-order chi connectivity index (χ1) is 34.6. The number of carbonyl (C=O) groups is 2. The molecule has 7 saturated carbocycles. The van der Waals surface area contributed by atoms with Crippen molar-refractivity contribution in [2.75, 3.05) is 0 Å². The van der Waals surface area contributed by atoms with E-state index in [1.54, 1.807) is 11.1 Å². The van der Waals surface area contributed by atoms with Crippen molar-refractivity contribution < 1.29 is 9.59 Å². The second kappa shape index (κ2) is 16.5. The number of fused-ring (bicyclic) bond motifs is 12. The summed E-state index contributed by atoms with van der Waals surface area (Å²) < 4.78 is 0. The van der Waals surface area contributed by atoms with E-state index in [0.29, 0.717) is 64.8 Å². The molecule has 350 valence electrons. The average molecular weight is 915 g/mol. The summed E-state index contributed by atoms with van der Waals surface area (Å²) in [6.07, 6.45) is 23.3. The topological polar surface area (TPSA) is 34.1 Å². The highest BCUT2D eigenvalue weighted by atomic mass is 16.1. The van der Waals surface area contributed by atoms with Crippen molar-refractivity contribution in [1.29, 1.82) is 0 Å². The van der Waals surface area contributed by atoms with Gasteiger partial charge in [-0.15, -0.1) is 0 Å². The first kappa shape index (κ1) is 42.1. The van der Waals surface area contributed by atoms with Gasteiger partial charge in [0.05, 0.1) is 0 Å². The minimum absolute atomic E-state index is 0.156. The fraction of sp³-hybridized carbons (Fsp3) is 0.412.